The first-order valence-electron chi connectivity index (χ1n) is 8.73. The lowest BCUT2D eigenvalue weighted by Gasteiger charge is -2.26. The highest BCUT2D eigenvalue weighted by Gasteiger charge is 2.39. The zero-order chi connectivity index (χ0) is 16.1. The molecule has 2 aromatic carbocycles. The Morgan fingerprint density at radius 1 is 0.917 bits per heavy atom. The van der Waals surface area contributed by atoms with Gasteiger partial charge in [0.05, 0.1) is 0 Å². The van der Waals surface area contributed by atoms with Crippen molar-refractivity contribution in [1.82, 2.24) is 4.90 Å². The van der Waals surface area contributed by atoms with E-state index in [4.69, 9.17) is 9.47 Å². The van der Waals surface area contributed by atoms with Crippen LogP contribution in [-0.2, 0) is 0 Å². The molecule has 0 aliphatic carbocycles. The number of hydrogen-bond acceptors (Lipinski definition) is 4. The zero-order valence-electron chi connectivity index (χ0n) is 13.9. The Morgan fingerprint density at radius 2 is 1.71 bits per heavy atom. The summed E-state index contributed by atoms with van der Waals surface area (Å²) < 4.78 is 10.9. The number of likely N-dealkylation sites (tertiary alicyclic amines) is 1. The van der Waals surface area contributed by atoms with Crippen LogP contribution in [0.5, 0.6) is 11.5 Å². The summed E-state index contributed by atoms with van der Waals surface area (Å²) in [5.74, 6) is 2.51. The molecule has 2 saturated heterocycles. The van der Waals surface area contributed by atoms with Gasteiger partial charge in [-0.15, -0.1) is 0 Å². The van der Waals surface area contributed by atoms with Gasteiger partial charge in [-0.25, -0.2) is 0 Å². The van der Waals surface area contributed by atoms with Crippen LogP contribution in [0, 0.1) is 5.92 Å². The van der Waals surface area contributed by atoms with Gasteiger partial charge < -0.3 is 19.3 Å². The van der Waals surface area contributed by atoms with Crippen LogP contribution in [0.2, 0.25) is 0 Å². The molecule has 124 valence electrons. The van der Waals surface area contributed by atoms with Crippen LogP contribution in [0.1, 0.15) is 6.42 Å². The fraction of sp³-hybridized carbons (Fsp3) is 0.400. The lowest BCUT2D eigenvalue weighted by Crippen LogP contribution is -2.34. The van der Waals surface area contributed by atoms with E-state index < -0.39 is 0 Å². The Bertz CT molecular complexity index is 759. The highest BCUT2D eigenvalue weighted by molar-refractivity contribution is 5.69. The fourth-order valence-corrected chi connectivity index (χ4v) is 4.41. The van der Waals surface area contributed by atoms with E-state index in [1.807, 2.05) is 6.07 Å². The summed E-state index contributed by atoms with van der Waals surface area (Å²) in [6, 6.07) is 15.8. The number of benzene rings is 2. The van der Waals surface area contributed by atoms with Crippen LogP contribution in [0.15, 0.2) is 42.5 Å². The lowest BCUT2D eigenvalue weighted by atomic mass is 10.0. The van der Waals surface area contributed by atoms with Gasteiger partial charge in [0.2, 0.25) is 6.79 Å². The first-order valence-corrected chi connectivity index (χ1v) is 8.73. The van der Waals surface area contributed by atoms with Gasteiger partial charge in [-0.2, -0.15) is 0 Å². The van der Waals surface area contributed by atoms with Crippen LogP contribution in [0.4, 0.5) is 5.69 Å². The number of fused-ring (bicyclic) bond motifs is 2. The van der Waals surface area contributed by atoms with Gasteiger partial charge in [-0.1, -0.05) is 18.2 Å². The molecule has 2 atom stereocenters. The van der Waals surface area contributed by atoms with Crippen LogP contribution < -0.4 is 14.4 Å². The molecule has 0 radical (unpaired) electrons. The third-order valence-corrected chi connectivity index (χ3v) is 5.64. The standard InChI is InChI=1S/C20H22N2O2/c1-21-11-16-8-9-22(18(16)12-21)17-5-2-14(3-6-17)15-4-7-19-20(10-15)24-13-23-19/h2-7,10,16,18H,8-9,11-13H2,1H3/t16-,18+/m1/s1. The number of ether oxygens (including phenoxy) is 2. The predicted molar refractivity (Wildman–Crippen MR) is 94.7 cm³/mol. The summed E-state index contributed by atoms with van der Waals surface area (Å²) in [5, 5.41) is 0. The molecule has 2 aromatic rings. The second kappa shape index (κ2) is 5.42. The van der Waals surface area contributed by atoms with Gasteiger partial charge in [0.25, 0.3) is 0 Å². The number of anilines is 1. The molecule has 0 amide bonds. The summed E-state index contributed by atoms with van der Waals surface area (Å²) >= 11 is 0. The Labute approximate surface area is 142 Å². The highest BCUT2D eigenvalue weighted by atomic mass is 16.7. The molecule has 3 aliphatic heterocycles. The Hall–Kier alpha value is -2.20. The zero-order valence-corrected chi connectivity index (χ0v) is 13.9. The van der Waals surface area contributed by atoms with E-state index in [-0.39, 0.29) is 0 Å². The van der Waals surface area contributed by atoms with Crippen LogP contribution >= 0.6 is 0 Å². The summed E-state index contributed by atoms with van der Waals surface area (Å²) in [6.45, 7) is 3.95. The Kier molecular flexibility index (Phi) is 3.20. The van der Waals surface area contributed by atoms with Crippen molar-refractivity contribution in [2.75, 3.05) is 38.4 Å². The fourth-order valence-electron chi connectivity index (χ4n) is 4.41. The molecular weight excluding hydrogens is 300 g/mol. The molecule has 4 heteroatoms. The normalized spacial score (nSPS) is 25.3. The van der Waals surface area contributed by atoms with Gasteiger partial charge in [0.1, 0.15) is 0 Å². The van der Waals surface area contributed by atoms with Gasteiger partial charge in [0, 0.05) is 31.4 Å². The Morgan fingerprint density at radius 3 is 2.58 bits per heavy atom. The summed E-state index contributed by atoms with van der Waals surface area (Å²) in [5.41, 5.74) is 3.74. The molecule has 2 fully saturated rings. The smallest absolute Gasteiger partial charge is 0.231 e. The van der Waals surface area contributed by atoms with Gasteiger partial charge in [-0.3, -0.25) is 0 Å². The number of hydrogen-bond donors (Lipinski definition) is 0. The molecule has 3 heterocycles. The highest BCUT2D eigenvalue weighted by Crippen LogP contribution is 2.38. The lowest BCUT2D eigenvalue weighted by molar-refractivity contribution is 0.174. The number of likely N-dealkylation sites (N-methyl/N-ethyl adjacent to an activating group) is 1. The average Bonchev–Trinajstić information content (AvgIpc) is 3.29. The topological polar surface area (TPSA) is 24.9 Å². The quantitative estimate of drug-likeness (QED) is 0.847. The molecule has 0 spiro atoms. The second-order valence-corrected chi connectivity index (χ2v) is 7.15. The van der Waals surface area contributed by atoms with Crippen molar-refractivity contribution in [3.63, 3.8) is 0 Å². The molecular formula is C20H22N2O2. The number of rotatable bonds is 2. The first kappa shape index (κ1) is 14.2. The maximum atomic E-state index is 5.49. The molecule has 4 nitrogen and oxygen atoms in total. The van der Waals surface area contributed by atoms with Crippen molar-refractivity contribution in [1.29, 1.82) is 0 Å². The maximum absolute atomic E-state index is 5.49. The van der Waals surface area contributed by atoms with Gasteiger partial charge in [0.15, 0.2) is 11.5 Å². The average molecular weight is 322 g/mol. The third kappa shape index (κ3) is 2.25. The van der Waals surface area contributed by atoms with Crippen molar-refractivity contribution in [3.05, 3.63) is 42.5 Å². The number of nitrogens with zero attached hydrogens (tertiary/aromatic N) is 2. The minimum atomic E-state index is 0.323. The summed E-state index contributed by atoms with van der Waals surface area (Å²) in [6.07, 6.45) is 1.32. The van der Waals surface area contributed by atoms with E-state index in [9.17, 15) is 0 Å². The van der Waals surface area contributed by atoms with E-state index in [0.717, 1.165) is 17.4 Å². The summed E-state index contributed by atoms with van der Waals surface area (Å²) in [7, 11) is 2.24. The molecule has 5 rings (SSSR count). The molecule has 0 bridgehead atoms. The first-order chi connectivity index (χ1) is 11.8. The third-order valence-electron chi connectivity index (χ3n) is 5.64. The van der Waals surface area contributed by atoms with Crippen molar-refractivity contribution in [2.24, 2.45) is 5.92 Å². The van der Waals surface area contributed by atoms with Gasteiger partial charge >= 0.3 is 0 Å². The maximum Gasteiger partial charge on any atom is 0.231 e. The van der Waals surface area contributed by atoms with Crippen molar-refractivity contribution < 1.29 is 9.47 Å². The van der Waals surface area contributed by atoms with Crippen LogP contribution in [0.25, 0.3) is 11.1 Å². The largest absolute Gasteiger partial charge is 0.454 e. The minimum Gasteiger partial charge on any atom is -0.454 e. The minimum absolute atomic E-state index is 0.323. The van der Waals surface area contributed by atoms with E-state index >= 15 is 0 Å². The van der Waals surface area contributed by atoms with E-state index in [1.165, 1.54) is 42.9 Å². The molecule has 0 N–H and O–H groups in total. The molecule has 0 saturated carbocycles. The van der Waals surface area contributed by atoms with Crippen molar-refractivity contribution in [3.8, 4) is 22.6 Å². The SMILES string of the molecule is CN1C[C@H]2CCN(c3ccc(-c4ccc5c(c4)OCO5)cc3)[C@H]2C1. The monoisotopic (exact) mass is 322 g/mol. The van der Waals surface area contributed by atoms with Crippen molar-refractivity contribution in [2.45, 2.75) is 12.5 Å². The van der Waals surface area contributed by atoms with Gasteiger partial charge in [-0.05, 0) is 54.8 Å². The molecule has 3 aliphatic rings. The van der Waals surface area contributed by atoms with E-state index in [1.54, 1.807) is 0 Å². The summed E-state index contributed by atoms with van der Waals surface area (Å²) in [4.78, 5) is 5.06. The molecule has 0 aromatic heterocycles. The van der Waals surface area contributed by atoms with E-state index in [0.29, 0.717) is 12.8 Å². The molecule has 24 heavy (non-hydrogen) atoms. The van der Waals surface area contributed by atoms with Crippen molar-refractivity contribution >= 4 is 5.69 Å². The van der Waals surface area contributed by atoms with Crippen LogP contribution in [-0.4, -0.2) is 44.4 Å². The Balaban J connectivity index is 1.39. The molecule has 0 unspecified atom stereocenters. The predicted octanol–water partition coefficient (Wildman–Crippen LogP) is 3.22. The second-order valence-electron chi connectivity index (χ2n) is 7.15. The van der Waals surface area contributed by atoms with E-state index in [2.05, 4.69) is 53.2 Å². The van der Waals surface area contributed by atoms with Crippen LogP contribution in [0.3, 0.4) is 0 Å².